The van der Waals surface area contributed by atoms with Crippen LogP contribution in [0.15, 0.2) is 42.7 Å². The zero-order valence-corrected chi connectivity index (χ0v) is 23.0. The smallest absolute Gasteiger partial charge is 0.327 e. The number of methoxy groups -OCH3 is 2. The minimum atomic E-state index is -0.523. The Hall–Kier alpha value is -3.96. The number of nitrogens with zero attached hydrogens (tertiary/aromatic N) is 4. The van der Waals surface area contributed by atoms with Crippen LogP contribution in [0.2, 0.25) is 5.02 Å². The summed E-state index contributed by atoms with van der Waals surface area (Å²) in [6.07, 6.45) is 1.36. The molecule has 4 N–H and O–H groups in total. The first-order valence-corrected chi connectivity index (χ1v) is 12.5. The standard InChI is InChI=1S/C26H34ClN7O4/c1-6-34(7-2)12-13-38-18-10-8-17(9-11-18)31-21-15-22(30-16-29-21)33(3)26(35)32-25-23(27)19(36-4)14-20(37-5)24(25)28/h8-11,14-16H,6-7,12-13,28H2,1-5H3,(H,32,35)(H,29,30,31). The van der Waals surface area contributed by atoms with Crippen molar-refractivity contribution in [2.75, 3.05) is 68.8 Å². The number of rotatable bonds is 12. The van der Waals surface area contributed by atoms with Gasteiger partial charge in [-0.25, -0.2) is 14.8 Å². The van der Waals surface area contributed by atoms with E-state index in [1.165, 1.54) is 25.4 Å². The topological polar surface area (TPSA) is 127 Å². The quantitative estimate of drug-likeness (QED) is 0.274. The van der Waals surface area contributed by atoms with Gasteiger partial charge in [0.15, 0.2) is 0 Å². The molecular formula is C26H34ClN7O4. The highest BCUT2D eigenvalue weighted by molar-refractivity contribution is 6.36. The van der Waals surface area contributed by atoms with Crippen molar-refractivity contribution in [3.8, 4) is 17.2 Å². The van der Waals surface area contributed by atoms with Crippen LogP contribution >= 0.6 is 11.6 Å². The highest BCUT2D eigenvalue weighted by Crippen LogP contribution is 2.43. The fourth-order valence-electron chi connectivity index (χ4n) is 3.57. The highest BCUT2D eigenvalue weighted by atomic mass is 35.5. The van der Waals surface area contributed by atoms with E-state index in [1.54, 1.807) is 19.2 Å². The van der Waals surface area contributed by atoms with E-state index in [-0.39, 0.29) is 16.4 Å². The zero-order chi connectivity index (χ0) is 27.7. The fraction of sp³-hybridized carbons (Fsp3) is 0.346. The molecule has 0 saturated carbocycles. The van der Waals surface area contributed by atoms with Crippen molar-refractivity contribution in [2.45, 2.75) is 13.8 Å². The first kappa shape index (κ1) is 28.6. The van der Waals surface area contributed by atoms with Gasteiger partial charge in [-0.15, -0.1) is 0 Å². The molecule has 0 unspecified atom stereocenters. The zero-order valence-electron chi connectivity index (χ0n) is 22.2. The minimum absolute atomic E-state index is 0.151. The van der Waals surface area contributed by atoms with Gasteiger partial charge in [-0.05, 0) is 37.4 Å². The van der Waals surface area contributed by atoms with Crippen LogP contribution in [0.4, 0.5) is 33.5 Å². The Bertz CT molecular complexity index is 1190. The summed E-state index contributed by atoms with van der Waals surface area (Å²) in [6.45, 7) is 7.77. The van der Waals surface area contributed by atoms with Crippen molar-refractivity contribution < 1.29 is 19.0 Å². The maximum atomic E-state index is 13.0. The average Bonchev–Trinajstić information content (AvgIpc) is 2.94. The van der Waals surface area contributed by atoms with E-state index in [0.717, 1.165) is 31.1 Å². The van der Waals surface area contributed by atoms with Crippen LogP contribution in [-0.4, -0.2) is 68.4 Å². The molecule has 1 aromatic heterocycles. The number of aromatic nitrogens is 2. The molecule has 0 atom stereocenters. The molecule has 0 fully saturated rings. The molecule has 3 rings (SSSR count). The van der Waals surface area contributed by atoms with E-state index < -0.39 is 6.03 Å². The predicted molar refractivity (Wildman–Crippen MR) is 151 cm³/mol. The molecule has 0 aliphatic rings. The van der Waals surface area contributed by atoms with E-state index >= 15 is 0 Å². The Morgan fingerprint density at radius 3 is 2.37 bits per heavy atom. The molecule has 12 heteroatoms. The summed E-state index contributed by atoms with van der Waals surface area (Å²) in [7, 11) is 4.48. The summed E-state index contributed by atoms with van der Waals surface area (Å²) in [5, 5.41) is 6.06. The van der Waals surface area contributed by atoms with Gasteiger partial charge in [0.1, 0.15) is 46.8 Å². The monoisotopic (exact) mass is 543 g/mol. The Labute approximate surface area is 227 Å². The van der Waals surface area contributed by atoms with Gasteiger partial charge in [0.25, 0.3) is 0 Å². The summed E-state index contributed by atoms with van der Waals surface area (Å²) in [4.78, 5) is 25.1. The van der Waals surface area contributed by atoms with Crippen molar-refractivity contribution in [3.63, 3.8) is 0 Å². The van der Waals surface area contributed by atoms with Crippen molar-refractivity contribution in [1.29, 1.82) is 0 Å². The Kier molecular flexibility index (Phi) is 10.2. The Balaban J connectivity index is 1.66. The largest absolute Gasteiger partial charge is 0.495 e. The van der Waals surface area contributed by atoms with Crippen LogP contribution in [-0.2, 0) is 0 Å². The van der Waals surface area contributed by atoms with Gasteiger partial charge in [-0.2, -0.15) is 0 Å². The number of hydrogen-bond donors (Lipinski definition) is 3. The van der Waals surface area contributed by atoms with Crippen molar-refractivity contribution in [1.82, 2.24) is 14.9 Å². The number of ether oxygens (including phenoxy) is 3. The number of nitrogens with two attached hydrogens (primary N) is 1. The maximum absolute atomic E-state index is 13.0. The summed E-state index contributed by atoms with van der Waals surface area (Å²) in [5.74, 6) is 2.27. The molecule has 3 aromatic rings. The SMILES string of the molecule is CCN(CC)CCOc1ccc(Nc2cc(N(C)C(=O)Nc3c(N)c(OC)cc(OC)c3Cl)ncn2)cc1. The summed E-state index contributed by atoms with van der Waals surface area (Å²) in [6, 6.07) is 10.2. The van der Waals surface area contributed by atoms with Crippen LogP contribution in [0.1, 0.15) is 13.8 Å². The molecule has 0 spiro atoms. The number of carbonyl (C=O) groups is 1. The third kappa shape index (κ3) is 7.08. The second-order valence-electron chi connectivity index (χ2n) is 8.16. The minimum Gasteiger partial charge on any atom is -0.495 e. The van der Waals surface area contributed by atoms with Gasteiger partial charge in [0.05, 0.1) is 25.6 Å². The van der Waals surface area contributed by atoms with Crippen molar-refractivity contribution >= 4 is 46.3 Å². The number of nitrogen functional groups attached to an aromatic ring is 1. The average molecular weight is 544 g/mol. The number of likely N-dealkylation sites (N-methyl/N-ethyl adjacent to an activating group) is 1. The maximum Gasteiger partial charge on any atom is 0.327 e. The molecule has 0 bridgehead atoms. The molecule has 38 heavy (non-hydrogen) atoms. The molecule has 0 aliphatic heterocycles. The lowest BCUT2D eigenvalue weighted by Crippen LogP contribution is -2.32. The fourth-order valence-corrected chi connectivity index (χ4v) is 3.85. The number of urea groups is 1. The first-order valence-electron chi connectivity index (χ1n) is 12.1. The normalized spacial score (nSPS) is 10.7. The van der Waals surface area contributed by atoms with Gasteiger partial charge >= 0.3 is 6.03 Å². The number of carbonyl (C=O) groups excluding carboxylic acids is 1. The number of amides is 2. The third-order valence-corrected chi connectivity index (χ3v) is 6.28. The molecule has 11 nitrogen and oxygen atoms in total. The first-order chi connectivity index (χ1) is 18.3. The lowest BCUT2D eigenvalue weighted by atomic mass is 10.2. The molecule has 2 aromatic carbocycles. The summed E-state index contributed by atoms with van der Waals surface area (Å²) >= 11 is 6.38. The molecule has 0 radical (unpaired) electrons. The molecule has 204 valence electrons. The number of anilines is 5. The number of halogens is 1. The highest BCUT2D eigenvalue weighted by Gasteiger charge is 2.21. The second-order valence-corrected chi connectivity index (χ2v) is 8.54. The second kappa shape index (κ2) is 13.5. The summed E-state index contributed by atoms with van der Waals surface area (Å²) < 4.78 is 16.4. The summed E-state index contributed by atoms with van der Waals surface area (Å²) in [5.41, 5.74) is 7.28. The van der Waals surface area contributed by atoms with Gasteiger partial charge in [0.2, 0.25) is 0 Å². The van der Waals surface area contributed by atoms with E-state index in [4.69, 9.17) is 31.5 Å². The van der Waals surface area contributed by atoms with Crippen LogP contribution in [0, 0.1) is 0 Å². The molecule has 2 amide bonds. The number of benzene rings is 2. The van der Waals surface area contributed by atoms with Gasteiger partial charge in [-0.1, -0.05) is 25.4 Å². The third-order valence-electron chi connectivity index (χ3n) is 5.90. The van der Waals surface area contributed by atoms with Crippen LogP contribution in [0.25, 0.3) is 0 Å². The van der Waals surface area contributed by atoms with Crippen molar-refractivity contribution in [2.24, 2.45) is 0 Å². The van der Waals surface area contributed by atoms with Crippen LogP contribution in [0.5, 0.6) is 17.2 Å². The number of nitrogens with one attached hydrogen (secondary N) is 2. The lowest BCUT2D eigenvalue weighted by Gasteiger charge is -2.20. The van der Waals surface area contributed by atoms with Crippen LogP contribution in [0.3, 0.4) is 0 Å². The molecule has 1 heterocycles. The van der Waals surface area contributed by atoms with E-state index in [9.17, 15) is 4.79 Å². The Morgan fingerprint density at radius 1 is 1.05 bits per heavy atom. The van der Waals surface area contributed by atoms with E-state index in [2.05, 4.69) is 39.3 Å². The van der Waals surface area contributed by atoms with Gasteiger partial charge in [0, 0.05) is 31.4 Å². The van der Waals surface area contributed by atoms with E-state index in [1.807, 2.05) is 24.3 Å². The number of hydrogen-bond acceptors (Lipinski definition) is 9. The molecular weight excluding hydrogens is 510 g/mol. The lowest BCUT2D eigenvalue weighted by molar-refractivity contribution is 0.223. The molecule has 0 aliphatic carbocycles. The van der Waals surface area contributed by atoms with Crippen LogP contribution < -0.4 is 35.5 Å². The molecule has 0 saturated heterocycles. The van der Waals surface area contributed by atoms with Gasteiger partial charge in [-0.3, -0.25) is 4.90 Å². The van der Waals surface area contributed by atoms with Crippen molar-refractivity contribution in [3.05, 3.63) is 47.7 Å². The van der Waals surface area contributed by atoms with Gasteiger partial charge < -0.3 is 35.5 Å². The van der Waals surface area contributed by atoms with E-state index in [0.29, 0.717) is 29.7 Å². The Morgan fingerprint density at radius 2 is 1.74 bits per heavy atom. The predicted octanol–water partition coefficient (Wildman–Crippen LogP) is 4.86.